The molecule has 1 amide bonds. The molecule has 2 rings (SSSR count). The van der Waals surface area contributed by atoms with Gasteiger partial charge in [0.15, 0.2) is 0 Å². The molecule has 20 heavy (non-hydrogen) atoms. The van der Waals surface area contributed by atoms with Crippen molar-refractivity contribution in [3.63, 3.8) is 0 Å². The summed E-state index contributed by atoms with van der Waals surface area (Å²) >= 11 is 0. The maximum atomic E-state index is 12.2. The van der Waals surface area contributed by atoms with Crippen molar-refractivity contribution < 1.29 is 4.79 Å². The fourth-order valence-electron chi connectivity index (χ4n) is 2.06. The summed E-state index contributed by atoms with van der Waals surface area (Å²) in [6.07, 6.45) is 3.58. The zero-order valence-corrected chi connectivity index (χ0v) is 11.8. The Morgan fingerprint density at radius 3 is 2.80 bits per heavy atom. The Labute approximate surface area is 118 Å². The van der Waals surface area contributed by atoms with Crippen molar-refractivity contribution in [2.75, 3.05) is 11.9 Å². The standard InChI is InChI=1S/C15H20N4O/c1-11(2)14(10-16)15(20)18-12-5-3-6-13(9-12)19-8-4-7-17-19/h3-9,11,14H,10,16H2,1-2H3,(H,18,20). The van der Waals surface area contributed by atoms with Gasteiger partial charge in [-0.05, 0) is 30.2 Å². The molecule has 0 saturated carbocycles. The van der Waals surface area contributed by atoms with Gasteiger partial charge in [0.25, 0.3) is 0 Å². The van der Waals surface area contributed by atoms with E-state index < -0.39 is 0 Å². The van der Waals surface area contributed by atoms with E-state index in [0.717, 1.165) is 11.4 Å². The van der Waals surface area contributed by atoms with Crippen LogP contribution in [0.2, 0.25) is 0 Å². The van der Waals surface area contributed by atoms with Crippen molar-refractivity contribution in [3.8, 4) is 5.69 Å². The van der Waals surface area contributed by atoms with Gasteiger partial charge in [0.05, 0.1) is 11.6 Å². The molecule has 1 unspecified atom stereocenters. The Kier molecular flexibility index (Phi) is 4.53. The lowest BCUT2D eigenvalue weighted by Crippen LogP contribution is -2.33. The lowest BCUT2D eigenvalue weighted by molar-refractivity contribution is -0.120. The summed E-state index contributed by atoms with van der Waals surface area (Å²) in [6.45, 7) is 4.34. The highest BCUT2D eigenvalue weighted by Crippen LogP contribution is 2.17. The minimum atomic E-state index is -0.177. The van der Waals surface area contributed by atoms with Gasteiger partial charge in [0.2, 0.25) is 5.91 Å². The summed E-state index contributed by atoms with van der Waals surface area (Å²) < 4.78 is 1.75. The summed E-state index contributed by atoms with van der Waals surface area (Å²) in [5.41, 5.74) is 7.32. The first-order valence-electron chi connectivity index (χ1n) is 6.73. The third-order valence-corrected chi connectivity index (χ3v) is 3.28. The number of nitrogens with two attached hydrogens (primary N) is 1. The van der Waals surface area contributed by atoms with Crippen LogP contribution in [-0.4, -0.2) is 22.2 Å². The SMILES string of the molecule is CC(C)C(CN)C(=O)Nc1cccc(-n2cccn2)c1. The van der Waals surface area contributed by atoms with Gasteiger partial charge in [-0.25, -0.2) is 4.68 Å². The van der Waals surface area contributed by atoms with E-state index in [1.165, 1.54) is 0 Å². The average molecular weight is 272 g/mol. The van der Waals surface area contributed by atoms with Crippen LogP contribution in [0, 0.1) is 11.8 Å². The predicted octanol–water partition coefficient (Wildman–Crippen LogP) is 2.04. The Balaban J connectivity index is 2.14. The summed E-state index contributed by atoms with van der Waals surface area (Å²) in [5.74, 6) is -0.00206. The number of aromatic nitrogens is 2. The molecule has 1 atom stereocenters. The van der Waals surface area contributed by atoms with Gasteiger partial charge in [-0.2, -0.15) is 5.10 Å². The molecule has 0 aliphatic carbocycles. The van der Waals surface area contributed by atoms with Crippen molar-refractivity contribution in [2.24, 2.45) is 17.6 Å². The number of benzene rings is 1. The lowest BCUT2D eigenvalue weighted by atomic mass is 9.95. The summed E-state index contributed by atoms with van der Waals surface area (Å²) in [4.78, 5) is 12.2. The molecular formula is C15H20N4O. The predicted molar refractivity (Wildman–Crippen MR) is 79.6 cm³/mol. The molecular weight excluding hydrogens is 252 g/mol. The Morgan fingerprint density at radius 1 is 1.40 bits per heavy atom. The first-order chi connectivity index (χ1) is 9.61. The van der Waals surface area contributed by atoms with Gasteiger partial charge >= 0.3 is 0 Å². The zero-order chi connectivity index (χ0) is 14.5. The number of carbonyl (C=O) groups is 1. The topological polar surface area (TPSA) is 72.9 Å². The van der Waals surface area contributed by atoms with Crippen LogP contribution in [0.15, 0.2) is 42.7 Å². The molecule has 0 aliphatic heterocycles. The van der Waals surface area contributed by atoms with Gasteiger partial charge in [-0.15, -0.1) is 0 Å². The van der Waals surface area contributed by atoms with E-state index in [0.29, 0.717) is 6.54 Å². The van der Waals surface area contributed by atoms with Crippen molar-refractivity contribution in [1.82, 2.24) is 9.78 Å². The number of hydrogen-bond donors (Lipinski definition) is 2. The van der Waals surface area contributed by atoms with Crippen LogP contribution in [0.25, 0.3) is 5.69 Å². The van der Waals surface area contributed by atoms with Crippen LogP contribution in [-0.2, 0) is 4.79 Å². The minimum absolute atomic E-state index is 0.0416. The first kappa shape index (κ1) is 14.3. The lowest BCUT2D eigenvalue weighted by Gasteiger charge is -2.18. The van der Waals surface area contributed by atoms with Crippen molar-refractivity contribution in [2.45, 2.75) is 13.8 Å². The third-order valence-electron chi connectivity index (χ3n) is 3.28. The quantitative estimate of drug-likeness (QED) is 0.874. The van der Waals surface area contributed by atoms with Gasteiger partial charge in [-0.1, -0.05) is 19.9 Å². The smallest absolute Gasteiger partial charge is 0.229 e. The fraction of sp³-hybridized carbons (Fsp3) is 0.333. The van der Waals surface area contributed by atoms with Crippen LogP contribution < -0.4 is 11.1 Å². The molecule has 1 aromatic heterocycles. The van der Waals surface area contributed by atoms with Crippen LogP contribution in [0.4, 0.5) is 5.69 Å². The van der Waals surface area contributed by atoms with Gasteiger partial charge < -0.3 is 11.1 Å². The molecule has 0 fully saturated rings. The van der Waals surface area contributed by atoms with Gasteiger partial charge in [0, 0.05) is 24.6 Å². The molecule has 0 spiro atoms. The molecule has 5 heteroatoms. The summed E-state index contributed by atoms with van der Waals surface area (Å²) in [6, 6.07) is 9.43. The van der Waals surface area contributed by atoms with Crippen LogP contribution in [0.3, 0.4) is 0 Å². The monoisotopic (exact) mass is 272 g/mol. The molecule has 2 aromatic rings. The Morgan fingerprint density at radius 2 is 2.20 bits per heavy atom. The number of amides is 1. The molecule has 0 saturated heterocycles. The van der Waals surface area contributed by atoms with E-state index in [2.05, 4.69) is 10.4 Å². The van der Waals surface area contributed by atoms with Crippen LogP contribution in [0.5, 0.6) is 0 Å². The van der Waals surface area contributed by atoms with Crippen LogP contribution in [0.1, 0.15) is 13.8 Å². The van der Waals surface area contributed by atoms with E-state index in [4.69, 9.17) is 5.73 Å². The van der Waals surface area contributed by atoms with E-state index in [9.17, 15) is 4.79 Å². The second-order valence-electron chi connectivity index (χ2n) is 5.08. The maximum Gasteiger partial charge on any atom is 0.229 e. The number of anilines is 1. The molecule has 1 aromatic carbocycles. The van der Waals surface area contributed by atoms with Crippen molar-refractivity contribution in [1.29, 1.82) is 0 Å². The second kappa shape index (κ2) is 6.34. The highest BCUT2D eigenvalue weighted by Gasteiger charge is 2.20. The van der Waals surface area contributed by atoms with Gasteiger partial charge in [-0.3, -0.25) is 4.79 Å². The van der Waals surface area contributed by atoms with E-state index in [-0.39, 0.29) is 17.7 Å². The number of nitrogens with one attached hydrogen (secondary N) is 1. The van der Waals surface area contributed by atoms with Crippen molar-refractivity contribution >= 4 is 11.6 Å². The zero-order valence-electron chi connectivity index (χ0n) is 11.8. The van der Waals surface area contributed by atoms with Crippen molar-refractivity contribution in [3.05, 3.63) is 42.7 Å². The highest BCUT2D eigenvalue weighted by molar-refractivity contribution is 5.93. The number of hydrogen-bond acceptors (Lipinski definition) is 3. The molecule has 0 bridgehead atoms. The first-order valence-corrected chi connectivity index (χ1v) is 6.73. The maximum absolute atomic E-state index is 12.2. The van der Waals surface area contributed by atoms with Gasteiger partial charge in [0.1, 0.15) is 0 Å². The third kappa shape index (κ3) is 3.24. The summed E-state index contributed by atoms with van der Waals surface area (Å²) in [7, 11) is 0. The molecule has 106 valence electrons. The minimum Gasteiger partial charge on any atom is -0.330 e. The fourth-order valence-corrected chi connectivity index (χ4v) is 2.06. The Hall–Kier alpha value is -2.14. The molecule has 5 nitrogen and oxygen atoms in total. The molecule has 0 radical (unpaired) electrons. The molecule has 1 heterocycles. The normalized spacial score (nSPS) is 12.4. The Bertz CT molecular complexity index is 563. The molecule has 3 N–H and O–H groups in total. The van der Waals surface area contributed by atoms with E-state index in [1.807, 2.05) is 50.4 Å². The number of rotatable bonds is 5. The number of nitrogens with zero attached hydrogens (tertiary/aromatic N) is 2. The second-order valence-corrected chi connectivity index (χ2v) is 5.08. The highest BCUT2D eigenvalue weighted by atomic mass is 16.1. The largest absolute Gasteiger partial charge is 0.330 e. The number of carbonyl (C=O) groups excluding carboxylic acids is 1. The average Bonchev–Trinajstić information content (AvgIpc) is 2.93. The van der Waals surface area contributed by atoms with E-state index >= 15 is 0 Å². The van der Waals surface area contributed by atoms with E-state index in [1.54, 1.807) is 10.9 Å². The molecule has 0 aliphatic rings. The van der Waals surface area contributed by atoms with Crippen LogP contribution >= 0.6 is 0 Å². The summed E-state index contributed by atoms with van der Waals surface area (Å²) in [5, 5.41) is 7.09.